The zero-order valence-electron chi connectivity index (χ0n) is 10.8. The highest BCUT2D eigenvalue weighted by molar-refractivity contribution is 7.99. The summed E-state index contributed by atoms with van der Waals surface area (Å²) >= 11 is 1.72. The fourth-order valence-corrected chi connectivity index (χ4v) is 2.45. The molecular formula is C13H20FNO2S. The summed E-state index contributed by atoms with van der Waals surface area (Å²) in [6.07, 6.45) is -0.395. The van der Waals surface area contributed by atoms with E-state index in [2.05, 4.69) is 0 Å². The number of thioether (sulfide) groups is 1. The molecule has 1 aromatic rings. The maximum absolute atomic E-state index is 12.6. The van der Waals surface area contributed by atoms with Crippen LogP contribution < -0.4 is 5.73 Å². The third-order valence-corrected chi connectivity index (χ3v) is 3.56. The Balaban J connectivity index is 2.63. The summed E-state index contributed by atoms with van der Waals surface area (Å²) in [6.45, 7) is 0.128. The van der Waals surface area contributed by atoms with Gasteiger partial charge in [0, 0.05) is 24.9 Å². The topological polar surface area (TPSA) is 44.5 Å². The maximum Gasteiger partial charge on any atom is 0.107 e. The van der Waals surface area contributed by atoms with Crippen molar-refractivity contribution in [1.29, 1.82) is 0 Å². The average molecular weight is 273 g/mol. The molecule has 5 heteroatoms. The predicted molar refractivity (Wildman–Crippen MR) is 72.7 cm³/mol. The van der Waals surface area contributed by atoms with Gasteiger partial charge in [-0.2, -0.15) is 0 Å². The Bertz CT molecular complexity index is 334. The second-order valence-electron chi connectivity index (χ2n) is 3.88. The van der Waals surface area contributed by atoms with E-state index in [4.69, 9.17) is 15.2 Å². The van der Waals surface area contributed by atoms with Crippen LogP contribution in [0.1, 0.15) is 11.7 Å². The van der Waals surface area contributed by atoms with E-state index in [1.54, 1.807) is 26.0 Å². The Hall–Kier alpha value is -0.620. The molecule has 3 nitrogen and oxygen atoms in total. The molecule has 102 valence electrons. The maximum atomic E-state index is 12.6. The monoisotopic (exact) mass is 273 g/mol. The number of alkyl halides is 1. The van der Waals surface area contributed by atoms with Gasteiger partial charge in [-0.05, 0) is 17.7 Å². The zero-order chi connectivity index (χ0) is 13.4. The first-order valence-electron chi connectivity index (χ1n) is 5.79. The lowest BCUT2D eigenvalue weighted by atomic mass is 10.0. The van der Waals surface area contributed by atoms with Gasteiger partial charge in [0.1, 0.15) is 6.67 Å². The molecule has 2 N–H and O–H groups in total. The number of halogens is 1. The molecule has 1 aromatic carbocycles. The third kappa shape index (κ3) is 4.57. The van der Waals surface area contributed by atoms with Gasteiger partial charge in [-0.1, -0.05) is 12.1 Å². The third-order valence-electron chi connectivity index (χ3n) is 2.59. The van der Waals surface area contributed by atoms with E-state index in [0.717, 1.165) is 22.8 Å². The van der Waals surface area contributed by atoms with E-state index in [-0.39, 0.29) is 0 Å². The summed E-state index contributed by atoms with van der Waals surface area (Å²) < 4.78 is 22.8. The largest absolute Gasteiger partial charge is 0.384 e. The second-order valence-corrected chi connectivity index (χ2v) is 5.05. The van der Waals surface area contributed by atoms with E-state index in [0.29, 0.717) is 0 Å². The molecule has 0 saturated heterocycles. The molecule has 0 aromatic heterocycles. The van der Waals surface area contributed by atoms with Gasteiger partial charge < -0.3 is 15.2 Å². The number of benzene rings is 1. The number of hydrogen-bond donors (Lipinski definition) is 1. The fraction of sp³-hybridized carbons (Fsp3) is 0.538. The van der Waals surface area contributed by atoms with Crippen molar-refractivity contribution >= 4 is 11.8 Å². The molecule has 0 bridgehead atoms. The summed E-state index contributed by atoms with van der Waals surface area (Å²) in [7, 11) is 3.23. The molecule has 0 radical (unpaired) electrons. The van der Waals surface area contributed by atoms with Crippen molar-refractivity contribution in [2.75, 3.05) is 33.3 Å². The van der Waals surface area contributed by atoms with Crippen LogP contribution in [0.3, 0.4) is 0 Å². The molecule has 0 aliphatic rings. The van der Waals surface area contributed by atoms with Crippen molar-refractivity contribution in [2.45, 2.75) is 17.0 Å². The lowest BCUT2D eigenvalue weighted by Gasteiger charge is -2.20. The van der Waals surface area contributed by atoms with Crippen LogP contribution in [0.5, 0.6) is 0 Å². The standard InChI is InChI=1S/C13H20FNO2S/c1-16-7-8-18-11-5-3-10(4-6-11)13(17-2)12(15)9-14/h3-6,12-13H,7-9,15H2,1-2H3. The molecule has 0 fully saturated rings. The van der Waals surface area contributed by atoms with Gasteiger partial charge in [0.15, 0.2) is 0 Å². The molecule has 2 unspecified atom stereocenters. The van der Waals surface area contributed by atoms with Crippen LogP contribution >= 0.6 is 11.8 Å². The van der Waals surface area contributed by atoms with E-state index in [9.17, 15) is 4.39 Å². The Morgan fingerprint density at radius 1 is 1.28 bits per heavy atom. The first kappa shape index (κ1) is 15.4. The van der Waals surface area contributed by atoms with Crippen molar-refractivity contribution in [2.24, 2.45) is 5.73 Å². The van der Waals surface area contributed by atoms with E-state index in [1.165, 1.54) is 0 Å². The highest BCUT2D eigenvalue weighted by atomic mass is 32.2. The minimum absolute atomic E-state index is 0.395. The van der Waals surface area contributed by atoms with Crippen LogP contribution in [0.15, 0.2) is 29.2 Å². The summed E-state index contributed by atoms with van der Waals surface area (Å²) in [4.78, 5) is 1.15. The van der Waals surface area contributed by atoms with E-state index < -0.39 is 18.8 Å². The first-order valence-corrected chi connectivity index (χ1v) is 6.77. The molecule has 18 heavy (non-hydrogen) atoms. The number of nitrogens with two attached hydrogens (primary N) is 1. The number of methoxy groups -OCH3 is 2. The normalized spacial score (nSPS) is 14.4. The van der Waals surface area contributed by atoms with Crippen LogP contribution in [0.25, 0.3) is 0 Å². The Kier molecular flexibility index (Phi) is 7.27. The van der Waals surface area contributed by atoms with Crippen molar-refractivity contribution in [1.82, 2.24) is 0 Å². The second kappa shape index (κ2) is 8.48. The van der Waals surface area contributed by atoms with Gasteiger partial charge in [0.25, 0.3) is 0 Å². The van der Waals surface area contributed by atoms with Crippen LogP contribution in [0, 0.1) is 0 Å². The Morgan fingerprint density at radius 3 is 2.44 bits per heavy atom. The van der Waals surface area contributed by atoms with E-state index >= 15 is 0 Å². The van der Waals surface area contributed by atoms with E-state index in [1.807, 2.05) is 24.3 Å². The molecule has 0 heterocycles. The molecule has 0 saturated carbocycles. The van der Waals surface area contributed by atoms with Gasteiger partial charge in [-0.15, -0.1) is 11.8 Å². The van der Waals surface area contributed by atoms with Crippen molar-refractivity contribution < 1.29 is 13.9 Å². The number of rotatable bonds is 8. The molecule has 0 amide bonds. The molecule has 0 spiro atoms. The Morgan fingerprint density at radius 2 is 1.94 bits per heavy atom. The molecule has 1 rings (SSSR count). The zero-order valence-corrected chi connectivity index (χ0v) is 11.6. The number of hydrogen-bond acceptors (Lipinski definition) is 4. The lowest BCUT2D eigenvalue weighted by molar-refractivity contribution is 0.0720. The Labute approximate surface area is 112 Å². The quantitative estimate of drug-likeness (QED) is 0.583. The van der Waals surface area contributed by atoms with Gasteiger partial charge in [-0.3, -0.25) is 0 Å². The van der Waals surface area contributed by atoms with Crippen molar-refractivity contribution in [3.05, 3.63) is 29.8 Å². The minimum Gasteiger partial charge on any atom is -0.384 e. The summed E-state index contributed by atoms with van der Waals surface area (Å²) in [5.41, 5.74) is 6.58. The SMILES string of the molecule is COCCSc1ccc(C(OC)C(N)CF)cc1. The highest BCUT2D eigenvalue weighted by Gasteiger charge is 2.18. The van der Waals surface area contributed by atoms with Crippen LogP contribution in [0.4, 0.5) is 4.39 Å². The summed E-state index contributed by atoms with van der Waals surface area (Å²) in [5, 5.41) is 0. The average Bonchev–Trinajstić information content (AvgIpc) is 2.41. The fourth-order valence-electron chi connectivity index (χ4n) is 1.64. The van der Waals surface area contributed by atoms with Crippen molar-refractivity contribution in [3.63, 3.8) is 0 Å². The summed E-state index contributed by atoms with van der Waals surface area (Å²) in [6, 6.07) is 7.22. The molecule has 0 aliphatic carbocycles. The van der Waals surface area contributed by atoms with Gasteiger partial charge in [0.05, 0.1) is 18.8 Å². The van der Waals surface area contributed by atoms with Gasteiger partial charge >= 0.3 is 0 Å². The van der Waals surface area contributed by atoms with Crippen LogP contribution in [-0.4, -0.2) is 39.3 Å². The highest BCUT2D eigenvalue weighted by Crippen LogP contribution is 2.24. The first-order chi connectivity index (χ1) is 8.72. The van der Waals surface area contributed by atoms with Gasteiger partial charge in [-0.25, -0.2) is 4.39 Å². The van der Waals surface area contributed by atoms with Crippen molar-refractivity contribution in [3.8, 4) is 0 Å². The predicted octanol–water partition coefficient (Wildman–Crippen LogP) is 2.41. The number of ether oxygens (including phenoxy) is 2. The smallest absolute Gasteiger partial charge is 0.107 e. The van der Waals surface area contributed by atoms with Crippen LogP contribution in [-0.2, 0) is 9.47 Å². The molecular weight excluding hydrogens is 253 g/mol. The minimum atomic E-state index is -0.623. The summed E-state index contributed by atoms with van der Waals surface area (Å²) in [5.74, 6) is 0.910. The molecule has 2 atom stereocenters. The van der Waals surface area contributed by atoms with Gasteiger partial charge in [0.2, 0.25) is 0 Å². The molecule has 0 aliphatic heterocycles. The van der Waals surface area contributed by atoms with Crippen LogP contribution in [0.2, 0.25) is 0 Å². The lowest BCUT2D eigenvalue weighted by Crippen LogP contribution is -2.31.